The maximum atomic E-state index is 12.2. The minimum absolute atomic E-state index is 0.183. The molecule has 1 heterocycles. The van der Waals surface area contributed by atoms with E-state index in [2.05, 4.69) is 15.3 Å². The van der Waals surface area contributed by atoms with Crippen LogP contribution in [0.15, 0.2) is 73.2 Å². The number of hydrogen-bond donors (Lipinski definition) is 1. The van der Waals surface area contributed by atoms with Gasteiger partial charge in [-0.3, -0.25) is 9.78 Å². The van der Waals surface area contributed by atoms with Gasteiger partial charge in [0.05, 0.1) is 12.2 Å². The van der Waals surface area contributed by atoms with Gasteiger partial charge in [-0.2, -0.15) is 0 Å². The van der Waals surface area contributed by atoms with Gasteiger partial charge in [-0.15, -0.1) is 0 Å². The number of halogens is 1. The maximum Gasteiger partial charge on any atom is 0.244 e. The molecule has 0 fully saturated rings. The Labute approximate surface area is 162 Å². The average molecular weight is 380 g/mol. The smallest absolute Gasteiger partial charge is 0.244 e. The van der Waals surface area contributed by atoms with Crippen molar-refractivity contribution in [2.24, 2.45) is 0 Å². The van der Waals surface area contributed by atoms with Crippen molar-refractivity contribution in [1.82, 2.24) is 15.3 Å². The number of hydrogen-bond acceptors (Lipinski definition) is 4. The summed E-state index contributed by atoms with van der Waals surface area (Å²) in [4.78, 5) is 20.2. The topological polar surface area (TPSA) is 64.1 Å². The predicted molar refractivity (Wildman–Crippen MR) is 106 cm³/mol. The predicted octanol–water partition coefficient (Wildman–Crippen LogP) is 4.81. The molecule has 1 unspecified atom stereocenters. The highest BCUT2D eigenvalue weighted by Crippen LogP contribution is 2.23. The second-order valence-electron chi connectivity index (χ2n) is 5.83. The van der Waals surface area contributed by atoms with Crippen molar-refractivity contribution in [2.45, 2.75) is 13.0 Å². The van der Waals surface area contributed by atoms with Gasteiger partial charge in [0.2, 0.25) is 11.8 Å². The highest BCUT2D eigenvalue weighted by Gasteiger charge is 2.09. The molecule has 0 aliphatic carbocycles. The van der Waals surface area contributed by atoms with Crippen molar-refractivity contribution >= 4 is 23.6 Å². The van der Waals surface area contributed by atoms with Crippen LogP contribution in [-0.4, -0.2) is 15.9 Å². The van der Waals surface area contributed by atoms with Gasteiger partial charge in [-0.25, -0.2) is 4.98 Å². The number of aromatic nitrogens is 2. The molecule has 2 aromatic carbocycles. The van der Waals surface area contributed by atoms with Crippen LogP contribution in [0, 0.1) is 0 Å². The first-order valence-corrected chi connectivity index (χ1v) is 8.76. The monoisotopic (exact) mass is 379 g/mol. The van der Waals surface area contributed by atoms with E-state index in [1.54, 1.807) is 36.8 Å². The molecular formula is C21H18ClN3O2. The molecular weight excluding hydrogens is 362 g/mol. The Balaban J connectivity index is 1.61. The van der Waals surface area contributed by atoms with Crippen LogP contribution < -0.4 is 10.1 Å². The summed E-state index contributed by atoms with van der Waals surface area (Å²) in [6.45, 7) is 1.91. The lowest BCUT2D eigenvalue weighted by Crippen LogP contribution is -2.24. The third-order valence-corrected chi connectivity index (χ3v) is 4.03. The Morgan fingerprint density at radius 3 is 2.74 bits per heavy atom. The van der Waals surface area contributed by atoms with Crippen molar-refractivity contribution in [2.75, 3.05) is 0 Å². The minimum Gasteiger partial charge on any atom is -0.437 e. The third-order valence-electron chi connectivity index (χ3n) is 3.78. The molecule has 0 spiro atoms. The zero-order valence-corrected chi connectivity index (χ0v) is 15.4. The summed E-state index contributed by atoms with van der Waals surface area (Å²) < 4.78 is 5.68. The fourth-order valence-corrected chi connectivity index (χ4v) is 2.52. The van der Waals surface area contributed by atoms with E-state index in [4.69, 9.17) is 16.3 Å². The van der Waals surface area contributed by atoms with Gasteiger partial charge in [0.25, 0.3) is 0 Å². The summed E-state index contributed by atoms with van der Waals surface area (Å²) >= 11 is 5.85. The molecule has 1 atom stereocenters. The van der Waals surface area contributed by atoms with Crippen molar-refractivity contribution in [3.8, 4) is 11.6 Å². The summed E-state index contributed by atoms with van der Waals surface area (Å²) in [5.74, 6) is 0.862. The second kappa shape index (κ2) is 8.96. The lowest BCUT2D eigenvalue weighted by Gasteiger charge is -2.14. The van der Waals surface area contributed by atoms with Crippen LogP contribution in [-0.2, 0) is 4.79 Å². The molecule has 136 valence electrons. The molecule has 0 aliphatic heterocycles. The highest BCUT2D eigenvalue weighted by atomic mass is 35.5. The van der Waals surface area contributed by atoms with Gasteiger partial charge in [0.15, 0.2) is 0 Å². The van der Waals surface area contributed by atoms with Gasteiger partial charge in [-0.05, 0) is 48.4 Å². The average Bonchev–Trinajstić information content (AvgIpc) is 2.68. The summed E-state index contributed by atoms with van der Waals surface area (Å²) in [6, 6.07) is 14.6. The molecule has 6 heteroatoms. The highest BCUT2D eigenvalue weighted by molar-refractivity contribution is 6.30. The number of carbonyl (C=O) groups is 1. The number of benzene rings is 2. The van der Waals surface area contributed by atoms with Gasteiger partial charge in [-0.1, -0.05) is 35.9 Å². The molecule has 0 aliphatic rings. The first-order valence-electron chi connectivity index (χ1n) is 8.38. The van der Waals surface area contributed by atoms with E-state index in [0.29, 0.717) is 16.7 Å². The third kappa shape index (κ3) is 5.66. The number of amides is 1. The molecule has 0 saturated carbocycles. The molecule has 1 aromatic heterocycles. The standard InChI is InChI=1S/C21H18ClN3O2/c1-15(25-20(26)10-7-16-5-8-18(22)9-6-16)17-3-2-4-19(13-17)27-21-14-23-11-12-24-21/h2-15H,1H3,(H,25,26)/b10-7+. The summed E-state index contributed by atoms with van der Waals surface area (Å²) in [7, 11) is 0. The largest absolute Gasteiger partial charge is 0.437 e. The molecule has 3 aromatic rings. The molecule has 0 saturated heterocycles. The lowest BCUT2D eigenvalue weighted by molar-refractivity contribution is -0.117. The fourth-order valence-electron chi connectivity index (χ4n) is 2.40. The Bertz CT molecular complexity index is 928. The Hall–Kier alpha value is -3.18. The van der Waals surface area contributed by atoms with Crippen LogP contribution >= 0.6 is 11.6 Å². The lowest BCUT2D eigenvalue weighted by atomic mass is 10.1. The van der Waals surface area contributed by atoms with Crippen molar-refractivity contribution < 1.29 is 9.53 Å². The second-order valence-corrected chi connectivity index (χ2v) is 6.27. The Kier molecular flexibility index (Phi) is 6.18. The van der Waals surface area contributed by atoms with Crippen LogP contribution in [0.5, 0.6) is 11.6 Å². The van der Waals surface area contributed by atoms with E-state index in [-0.39, 0.29) is 11.9 Å². The van der Waals surface area contributed by atoms with Crippen LogP contribution in [0.25, 0.3) is 6.08 Å². The summed E-state index contributed by atoms with van der Waals surface area (Å²) in [5, 5.41) is 3.59. The number of nitrogens with zero attached hydrogens (tertiary/aromatic N) is 2. The molecule has 1 N–H and O–H groups in total. The van der Waals surface area contributed by atoms with Crippen LogP contribution in [0.4, 0.5) is 0 Å². The Morgan fingerprint density at radius 1 is 1.19 bits per heavy atom. The molecule has 1 amide bonds. The molecule has 3 rings (SSSR count). The van der Waals surface area contributed by atoms with Gasteiger partial charge >= 0.3 is 0 Å². The zero-order chi connectivity index (χ0) is 19.1. The minimum atomic E-state index is -0.183. The van der Waals surface area contributed by atoms with Crippen LogP contribution in [0.3, 0.4) is 0 Å². The first kappa shape index (κ1) is 18.6. The van der Waals surface area contributed by atoms with Gasteiger partial charge in [0, 0.05) is 23.5 Å². The molecule has 27 heavy (non-hydrogen) atoms. The first-order chi connectivity index (χ1) is 13.1. The van der Waals surface area contributed by atoms with Crippen molar-refractivity contribution in [1.29, 1.82) is 0 Å². The van der Waals surface area contributed by atoms with Crippen molar-refractivity contribution in [3.05, 3.63) is 89.3 Å². The quantitative estimate of drug-likeness (QED) is 0.624. The van der Waals surface area contributed by atoms with E-state index in [0.717, 1.165) is 11.1 Å². The van der Waals surface area contributed by atoms with E-state index >= 15 is 0 Å². The van der Waals surface area contributed by atoms with Gasteiger partial charge in [0.1, 0.15) is 5.75 Å². The number of carbonyl (C=O) groups excluding carboxylic acids is 1. The molecule has 0 bridgehead atoms. The van der Waals surface area contributed by atoms with E-state index in [1.807, 2.05) is 43.3 Å². The summed E-state index contributed by atoms with van der Waals surface area (Å²) in [6.07, 6.45) is 7.93. The maximum absolute atomic E-state index is 12.2. The molecule has 0 radical (unpaired) electrons. The normalized spacial score (nSPS) is 11.9. The molecule has 5 nitrogen and oxygen atoms in total. The van der Waals surface area contributed by atoms with Gasteiger partial charge < -0.3 is 10.1 Å². The van der Waals surface area contributed by atoms with E-state index < -0.39 is 0 Å². The Morgan fingerprint density at radius 2 is 2.00 bits per heavy atom. The number of rotatable bonds is 6. The van der Waals surface area contributed by atoms with Crippen molar-refractivity contribution in [3.63, 3.8) is 0 Å². The van der Waals surface area contributed by atoms with Crippen LogP contribution in [0.1, 0.15) is 24.1 Å². The number of nitrogens with one attached hydrogen (secondary N) is 1. The fraction of sp³-hybridized carbons (Fsp3) is 0.0952. The number of ether oxygens (including phenoxy) is 1. The van der Waals surface area contributed by atoms with Crippen LogP contribution in [0.2, 0.25) is 5.02 Å². The van der Waals surface area contributed by atoms with E-state index in [9.17, 15) is 4.79 Å². The SMILES string of the molecule is CC(NC(=O)/C=C/c1ccc(Cl)cc1)c1cccc(Oc2cnccn2)c1. The van der Waals surface area contributed by atoms with E-state index in [1.165, 1.54) is 6.08 Å². The summed E-state index contributed by atoms with van der Waals surface area (Å²) in [5.41, 5.74) is 1.83. The zero-order valence-electron chi connectivity index (χ0n) is 14.7.